The van der Waals surface area contributed by atoms with Gasteiger partial charge in [0.15, 0.2) is 5.69 Å². The first-order valence-corrected chi connectivity index (χ1v) is 6.21. The van der Waals surface area contributed by atoms with E-state index in [1.54, 1.807) is 6.07 Å². The molecule has 17 heavy (non-hydrogen) atoms. The maximum absolute atomic E-state index is 11.8. The van der Waals surface area contributed by atoms with Crippen LogP contribution in [-0.4, -0.2) is 15.4 Å². The first-order valence-electron chi connectivity index (χ1n) is 5.43. The normalized spacial score (nSPS) is 14.9. The minimum atomic E-state index is -0.246. The molecule has 1 saturated carbocycles. The lowest BCUT2D eigenvalue weighted by atomic mass is 10.3. The molecule has 0 saturated heterocycles. The van der Waals surface area contributed by atoms with E-state index < -0.39 is 0 Å². The highest BCUT2D eigenvalue weighted by molar-refractivity contribution is 7.10. The van der Waals surface area contributed by atoms with Gasteiger partial charge in [-0.05, 0) is 37.4 Å². The van der Waals surface area contributed by atoms with Crippen LogP contribution in [0.1, 0.15) is 40.7 Å². The number of carbonyl (C=O) groups is 1. The summed E-state index contributed by atoms with van der Waals surface area (Å²) < 4.78 is 9.22. The van der Waals surface area contributed by atoms with E-state index in [1.807, 2.05) is 13.0 Å². The molecule has 88 valence electrons. The number of aryl methyl sites for hydroxylation is 1. The van der Waals surface area contributed by atoms with Gasteiger partial charge in [0.1, 0.15) is 10.8 Å². The molecule has 0 radical (unpaired) electrons. The zero-order valence-electron chi connectivity index (χ0n) is 9.27. The molecule has 2 aromatic heterocycles. The van der Waals surface area contributed by atoms with Crippen molar-refractivity contribution >= 4 is 22.4 Å². The number of carbonyl (C=O) groups excluding carboxylic acids is 1. The summed E-state index contributed by atoms with van der Waals surface area (Å²) in [6.07, 6.45) is 2.26. The van der Waals surface area contributed by atoms with Crippen LogP contribution in [0.15, 0.2) is 16.7 Å². The van der Waals surface area contributed by atoms with Gasteiger partial charge in [-0.2, -0.15) is 4.37 Å². The summed E-state index contributed by atoms with van der Waals surface area (Å²) in [6, 6.07) is 3.55. The summed E-state index contributed by atoms with van der Waals surface area (Å²) >= 11 is 1.26. The maximum atomic E-state index is 11.8. The van der Waals surface area contributed by atoms with Crippen molar-refractivity contribution in [2.24, 2.45) is 0 Å². The molecular formula is C11H11N3O2S. The van der Waals surface area contributed by atoms with Gasteiger partial charge in [-0.3, -0.25) is 4.79 Å². The molecule has 1 fully saturated rings. The molecule has 1 N–H and O–H groups in total. The van der Waals surface area contributed by atoms with Crippen LogP contribution >= 0.6 is 11.5 Å². The van der Waals surface area contributed by atoms with Crippen molar-refractivity contribution in [3.05, 3.63) is 29.3 Å². The summed E-state index contributed by atoms with van der Waals surface area (Å²) in [4.78, 5) is 11.8. The van der Waals surface area contributed by atoms with Crippen LogP contribution in [0.4, 0.5) is 5.00 Å². The Morgan fingerprint density at radius 3 is 3.00 bits per heavy atom. The lowest BCUT2D eigenvalue weighted by Crippen LogP contribution is -2.10. The van der Waals surface area contributed by atoms with E-state index in [1.165, 1.54) is 11.5 Å². The van der Waals surface area contributed by atoms with Crippen LogP contribution in [0, 0.1) is 6.92 Å². The van der Waals surface area contributed by atoms with Crippen molar-refractivity contribution in [3.8, 4) is 0 Å². The number of hydrogen-bond donors (Lipinski definition) is 1. The molecule has 1 aliphatic rings. The zero-order chi connectivity index (χ0) is 11.8. The number of aromatic nitrogens is 2. The van der Waals surface area contributed by atoms with E-state index in [9.17, 15) is 4.79 Å². The van der Waals surface area contributed by atoms with Crippen LogP contribution in [0.5, 0.6) is 0 Å². The molecule has 0 spiro atoms. The van der Waals surface area contributed by atoms with Gasteiger partial charge in [0.2, 0.25) is 0 Å². The van der Waals surface area contributed by atoms with Gasteiger partial charge < -0.3 is 9.84 Å². The van der Waals surface area contributed by atoms with Crippen molar-refractivity contribution in [3.63, 3.8) is 0 Å². The SMILES string of the molecule is Cc1cc(NC(=O)c2cc(C3CC3)on2)sn1. The predicted molar refractivity (Wildman–Crippen MR) is 63.3 cm³/mol. The van der Waals surface area contributed by atoms with E-state index in [4.69, 9.17) is 4.52 Å². The summed E-state index contributed by atoms with van der Waals surface area (Å²) in [5.41, 5.74) is 1.22. The number of anilines is 1. The first-order chi connectivity index (χ1) is 8.22. The van der Waals surface area contributed by atoms with Gasteiger partial charge in [0.05, 0.1) is 5.69 Å². The second-order valence-electron chi connectivity index (χ2n) is 4.18. The molecule has 0 aliphatic heterocycles. The number of nitrogens with one attached hydrogen (secondary N) is 1. The molecule has 1 amide bonds. The smallest absolute Gasteiger partial charge is 0.278 e. The van der Waals surface area contributed by atoms with Gasteiger partial charge in [0.25, 0.3) is 5.91 Å². The highest BCUT2D eigenvalue weighted by Crippen LogP contribution is 2.40. The molecule has 6 heteroatoms. The topological polar surface area (TPSA) is 68.0 Å². The Morgan fingerprint density at radius 1 is 1.53 bits per heavy atom. The third-order valence-corrected chi connectivity index (χ3v) is 3.40. The van der Waals surface area contributed by atoms with Gasteiger partial charge in [-0.15, -0.1) is 0 Å². The van der Waals surface area contributed by atoms with E-state index in [2.05, 4.69) is 14.8 Å². The Labute approximate surface area is 102 Å². The van der Waals surface area contributed by atoms with Crippen molar-refractivity contribution in [1.29, 1.82) is 0 Å². The van der Waals surface area contributed by atoms with E-state index in [0.29, 0.717) is 11.6 Å². The molecule has 1 aliphatic carbocycles. The molecule has 2 heterocycles. The lowest BCUT2D eigenvalue weighted by Gasteiger charge is -1.95. The van der Waals surface area contributed by atoms with E-state index in [-0.39, 0.29) is 5.91 Å². The third kappa shape index (κ3) is 2.21. The monoisotopic (exact) mass is 249 g/mol. The highest BCUT2D eigenvalue weighted by atomic mass is 32.1. The fourth-order valence-electron chi connectivity index (χ4n) is 1.56. The fourth-order valence-corrected chi connectivity index (χ4v) is 2.21. The molecule has 0 bridgehead atoms. The average molecular weight is 249 g/mol. The number of hydrogen-bond acceptors (Lipinski definition) is 5. The Balaban J connectivity index is 1.72. The fraction of sp³-hybridized carbons (Fsp3) is 0.364. The Bertz CT molecular complexity index is 557. The van der Waals surface area contributed by atoms with Gasteiger partial charge in [-0.1, -0.05) is 5.16 Å². The minimum absolute atomic E-state index is 0.246. The van der Waals surface area contributed by atoms with Crippen LogP contribution in [-0.2, 0) is 0 Å². The van der Waals surface area contributed by atoms with E-state index >= 15 is 0 Å². The summed E-state index contributed by atoms with van der Waals surface area (Å²) in [5.74, 6) is 1.04. The molecule has 0 unspecified atom stereocenters. The van der Waals surface area contributed by atoms with Gasteiger partial charge in [0, 0.05) is 12.0 Å². The largest absolute Gasteiger partial charge is 0.360 e. The van der Waals surface area contributed by atoms with Crippen molar-refractivity contribution < 1.29 is 9.32 Å². The number of rotatable bonds is 3. The Morgan fingerprint density at radius 2 is 2.35 bits per heavy atom. The zero-order valence-corrected chi connectivity index (χ0v) is 10.1. The molecule has 3 rings (SSSR count). The quantitative estimate of drug-likeness (QED) is 0.907. The van der Waals surface area contributed by atoms with E-state index in [0.717, 1.165) is 29.3 Å². The van der Waals surface area contributed by atoms with Crippen LogP contribution in [0.2, 0.25) is 0 Å². The van der Waals surface area contributed by atoms with Gasteiger partial charge in [-0.25, -0.2) is 0 Å². The first kappa shape index (κ1) is 10.5. The minimum Gasteiger partial charge on any atom is -0.360 e. The predicted octanol–water partition coefficient (Wildman–Crippen LogP) is 2.57. The molecule has 2 aromatic rings. The third-order valence-electron chi connectivity index (χ3n) is 2.61. The van der Waals surface area contributed by atoms with Gasteiger partial charge >= 0.3 is 0 Å². The van der Waals surface area contributed by atoms with Crippen LogP contribution < -0.4 is 5.32 Å². The van der Waals surface area contributed by atoms with Crippen LogP contribution in [0.25, 0.3) is 0 Å². The number of amides is 1. The molecular weight excluding hydrogens is 238 g/mol. The lowest BCUT2D eigenvalue weighted by molar-refractivity contribution is 0.101. The molecule has 0 atom stereocenters. The second kappa shape index (κ2) is 3.96. The van der Waals surface area contributed by atoms with Crippen molar-refractivity contribution in [1.82, 2.24) is 9.53 Å². The molecule has 5 nitrogen and oxygen atoms in total. The Kier molecular flexibility index (Phi) is 2.44. The second-order valence-corrected chi connectivity index (χ2v) is 4.98. The standard InChI is InChI=1S/C11H11N3O2S/c1-6-4-10(17-14-6)12-11(15)8-5-9(16-13-8)7-2-3-7/h4-5,7H,2-3H2,1H3,(H,12,15). The summed E-state index contributed by atoms with van der Waals surface area (Å²) in [5, 5.41) is 7.25. The average Bonchev–Trinajstić information content (AvgIpc) is 2.88. The Hall–Kier alpha value is -1.69. The van der Waals surface area contributed by atoms with Crippen LogP contribution in [0.3, 0.4) is 0 Å². The number of nitrogens with zero attached hydrogens (tertiary/aromatic N) is 2. The van der Waals surface area contributed by atoms with Crippen molar-refractivity contribution in [2.75, 3.05) is 5.32 Å². The van der Waals surface area contributed by atoms with Crippen molar-refractivity contribution in [2.45, 2.75) is 25.7 Å². The summed E-state index contributed by atoms with van der Waals surface area (Å²) in [7, 11) is 0. The summed E-state index contributed by atoms with van der Waals surface area (Å²) in [6.45, 7) is 1.88. The molecule has 0 aromatic carbocycles. The highest BCUT2D eigenvalue weighted by Gasteiger charge is 2.28. The maximum Gasteiger partial charge on any atom is 0.278 e.